The average molecular weight is 314 g/mol. The van der Waals surface area contributed by atoms with Crippen LogP contribution in [0.2, 0.25) is 0 Å². The van der Waals surface area contributed by atoms with Crippen LogP contribution in [-0.4, -0.2) is 20.9 Å². The third kappa shape index (κ3) is 2.34. The third-order valence-corrected chi connectivity index (χ3v) is 3.50. The summed E-state index contributed by atoms with van der Waals surface area (Å²) in [5, 5.41) is 12.8. The fourth-order valence-electron chi connectivity index (χ4n) is 2.41. The first-order chi connectivity index (χ1) is 10.3. The predicted octanol–water partition coefficient (Wildman–Crippen LogP) is 3.61. The van der Waals surface area contributed by atoms with E-state index in [1.54, 1.807) is 0 Å². The van der Waals surface area contributed by atoms with Gasteiger partial charge in [-0.15, -0.1) is 0 Å². The minimum absolute atomic E-state index is 0.114. The van der Waals surface area contributed by atoms with Crippen LogP contribution in [0.4, 0.5) is 17.6 Å². The summed E-state index contributed by atoms with van der Waals surface area (Å²) in [6, 6.07) is 2.60. The summed E-state index contributed by atoms with van der Waals surface area (Å²) in [7, 11) is 0. The van der Waals surface area contributed by atoms with Crippen molar-refractivity contribution >= 4 is 5.97 Å². The molecule has 1 saturated carbocycles. The topological polar surface area (TPSA) is 55.1 Å². The third-order valence-electron chi connectivity index (χ3n) is 3.50. The number of halogens is 4. The maximum absolute atomic E-state index is 14.0. The van der Waals surface area contributed by atoms with Gasteiger partial charge in [0.25, 0.3) is 0 Å². The second-order valence-electron chi connectivity index (χ2n) is 5.07. The Morgan fingerprint density at radius 3 is 2.55 bits per heavy atom. The quantitative estimate of drug-likeness (QED) is 0.881. The summed E-state index contributed by atoms with van der Waals surface area (Å²) in [6.45, 7) is 0. The monoisotopic (exact) mass is 314 g/mol. The second kappa shape index (κ2) is 4.82. The van der Waals surface area contributed by atoms with Crippen LogP contribution in [-0.2, 0) is 6.18 Å². The van der Waals surface area contributed by atoms with Gasteiger partial charge in [0.2, 0.25) is 0 Å². The number of aromatic carboxylic acids is 1. The smallest absolute Gasteiger partial charge is 0.418 e. The summed E-state index contributed by atoms with van der Waals surface area (Å²) in [4.78, 5) is 11.2. The largest absolute Gasteiger partial charge is 0.478 e. The molecule has 0 saturated heterocycles. The second-order valence-corrected chi connectivity index (χ2v) is 5.07. The zero-order chi connectivity index (χ0) is 16.1. The molecule has 1 aliphatic rings. The Morgan fingerprint density at radius 1 is 1.32 bits per heavy atom. The van der Waals surface area contributed by atoms with Crippen LogP contribution >= 0.6 is 0 Å². The van der Waals surface area contributed by atoms with Gasteiger partial charge in [-0.3, -0.25) is 0 Å². The van der Waals surface area contributed by atoms with Crippen molar-refractivity contribution in [3.8, 4) is 5.69 Å². The number of nitrogens with zero attached hydrogens (tertiary/aromatic N) is 2. The van der Waals surface area contributed by atoms with Gasteiger partial charge in [-0.25, -0.2) is 13.9 Å². The zero-order valence-electron chi connectivity index (χ0n) is 11.1. The highest BCUT2D eigenvalue weighted by Crippen LogP contribution is 2.44. The van der Waals surface area contributed by atoms with Crippen molar-refractivity contribution in [2.45, 2.75) is 24.9 Å². The van der Waals surface area contributed by atoms with E-state index in [0.717, 1.165) is 29.1 Å². The number of carbonyl (C=O) groups is 1. The molecule has 0 radical (unpaired) electrons. The Hall–Kier alpha value is -2.38. The van der Waals surface area contributed by atoms with E-state index in [9.17, 15) is 22.4 Å². The Labute approximate surface area is 122 Å². The molecule has 1 fully saturated rings. The van der Waals surface area contributed by atoms with Crippen molar-refractivity contribution in [2.75, 3.05) is 0 Å². The van der Waals surface area contributed by atoms with E-state index < -0.39 is 29.2 Å². The van der Waals surface area contributed by atoms with E-state index in [4.69, 9.17) is 5.11 Å². The van der Waals surface area contributed by atoms with Gasteiger partial charge in [0.05, 0.1) is 17.5 Å². The molecule has 22 heavy (non-hydrogen) atoms. The molecule has 116 valence electrons. The van der Waals surface area contributed by atoms with Crippen molar-refractivity contribution < 1.29 is 27.5 Å². The molecule has 8 heteroatoms. The fraction of sp³-hybridized carbons (Fsp3) is 0.286. The highest BCUT2D eigenvalue weighted by atomic mass is 19.4. The van der Waals surface area contributed by atoms with Gasteiger partial charge in [0.15, 0.2) is 0 Å². The number of hydrogen-bond donors (Lipinski definition) is 1. The normalized spacial score (nSPS) is 15.1. The van der Waals surface area contributed by atoms with Gasteiger partial charge < -0.3 is 5.11 Å². The molecule has 0 spiro atoms. The van der Waals surface area contributed by atoms with E-state index >= 15 is 0 Å². The Kier molecular flexibility index (Phi) is 3.19. The zero-order valence-corrected chi connectivity index (χ0v) is 11.1. The molecule has 1 aliphatic carbocycles. The van der Waals surface area contributed by atoms with Gasteiger partial charge in [-0.05, 0) is 25.0 Å². The summed E-state index contributed by atoms with van der Waals surface area (Å²) in [5.41, 5.74) is -2.03. The summed E-state index contributed by atoms with van der Waals surface area (Å²) >= 11 is 0. The van der Waals surface area contributed by atoms with Crippen LogP contribution in [0, 0.1) is 5.82 Å². The lowest BCUT2D eigenvalue weighted by Crippen LogP contribution is -2.15. The minimum Gasteiger partial charge on any atom is -0.478 e. The maximum Gasteiger partial charge on any atom is 0.418 e. The van der Waals surface area contributed by atoms with Crippen molar-refractivity contribution in [3.05, 3.63) is 47.0 Å². The van der Waals surface area contributed by atoms with Gasteiger partial charge in [-0.2, -0.15) is 18.3 Å². The summed E-state index contributed by atoms with van der Waals surface area (Å²) in [6.07, 6.45) is -2.53. The molecule has 2 aromatic rings. The first-order valence-corrected chi connectivity index (χ1v) is 6.48. The number of benzene rings is 1. The Bertz CT molecular complexity index is 748. The molecule has 0 atom stereocenters. The van der Waals surface area contributed by atoms with Crippen molar-refractivity contribution in [1.29, 1.82) is 0 Å². The Balaban J connectivity index is 2.27. The molecule has 0 aliphatic heterocycles. The molecule has 0 bridgehead atoms. The lowest BCUT2D eigenvalue weighted by Gasteiger charge is -2.15. The molecular formula is C14H10F4N2O2. The lowest BCUT2D eigenvalue weighted by atomic mass is 10.1. The number of carboxylic acid groups (broad SMARTS) is 1. The number of para-hydroxylation sites is 1. The predicted molar refractivity (Wildman–Crippen MR) is 67.5 cm³/mol. The standard InChI is InChI=1S/C14H10F4N2O2/c15-10-3-1-2-9(14(16,17)18)12(10)20-11(7-4-5-7)8(6-19-20)13(21)22/h1-3,6-7H,4-5H2,(H,21,22). The highest BCUT2D eigenvalue weighted by Gasteiger charge is 2.39. The number of alkyl halides is 3. The van der Waals surface area contributed by atoms with Crippen LogP contribution in [0.25, 0.3) is 5.69 Å². The minimum atomic E-state index is -4.77. The van der Waals surface area contributed by atoms with Crippen LogP contribution < -0.4 is 0 Å². The number of hydrogen-bond acceptors (Lipinski definition) is 2. The van der Waals surface area contributed by atoms with Crippen LogP contribution in [0.15, 0.2) is 24.4 Å². The fourth-order valence-corrected chi connectivity index (χ4v) is 2.41. The number of carboxylic acids is 1. The molecule has 1 N–H and O–H groups in total. The summed E-state index contributed by atoms with van der Waals surface area (Å²) in [5.74, 6) is -2.61. The van der Waals surface area contributed by atoms with Crippen molar-refractivity contribution in [3.63, 3.8) is 0 Å². The van der Waals surface area contributed by atoms with Crippen LogP contribution in [0.3, 0.4) is 0 Å². The average Bonchev–Trinajstić information content (AvgIpc) is 3.16. The van der Waals surface area contributed by atoms with Crippen LogP contribution in [0.5, 0.6) is 0 Å². The molecule has 0 unspecified atom stereocenters. The van der Waals surface area contributed by atoms with Gasteiger partial charge in [0, 0.05) is 5.92 Å². The number of aromatic nitrogens is 2. The van der Waals surface area contributed by atoms with E-state index in [1.807, 2.05) is 0 Å². The van der Waals surface area contributed by atoms with Gasteiger partial charge in [0.1, 0.15) is 17.1 Å². The first kappa shape index (κ1) is 14.6. The van der Waals surface area contributed by atoms with Gasteiger partial charge >= 0.3 is 12.1 Å². The first-order valence-electron chi connectivity index (χ1n) is 6.48. The van der Waals surface area contributed by atoms with Crippen LogP contribution in [0.1, 0.15) is 40.4 Å². The highest BCUT2D eigenvalue weighted by molar-refractivity contribution is 5.89. The Morgan fingerprint density at radius 2 is 2.00 bits per heavy atom. The van der Waals surface area contributed by atoms with E-state index in [0.29, 0.717) is 12.8 Å². The lowest BCUT2D eigenvalue weighted by molar-refractivity contribution is -0.137. The SMILES string of the molecule is O=C(O)c1cnn(-c2c(F)cccc2C(F)(F)F)c1C1CC1. The molecule has 0 amide bonds. The van der Waals surface area contributed by atoms with E-state index in [-0.39, 0.29) is 17.2 Å². The molecule has 3 rings (SSSR count). The molecule has 4 nitrogen and oxygen atoms in total. The van der Waals surface area contributed by atoms with Gasteiger partial charge in [-0.1, -0.05) is 6.07 Å². The summed E-state index contributed by atoms with van der Waals surface area (Å²) < 4.78 is 54.1. The van der Waals surface area contributed by atoms with Crippen molar-refractivity contribution in [1.82, 2.24) is 9.78 Å². The molecule has 1 heterocycles. The number of rotatable bonds is 3. The molecule has 1 aromatic carbocycles. The maximum atomic E-state index is 14.0. The van der Waals surface area contributed by atoms with E-state index in [1.165, 1.54) is 0 Å². The molecule has 1 aromatic heterocycles. The van der Waals surface area contributed by atoms with Crippen molar-refractivity contribution in [2.24, 2.45) is 0 Å². The van der Waals surface area contributed by atoms with E-state index in [2.05, 4.69) is 5.10 Å². The molecular weight excluding hydrogens is 304 g/mol.